The lowest BCUT2D eigenvalue weighted by molar-refractivity contribution is -0.132. The standard InChI is InChI=1S/C15H23N3O3S/c1-10(2)13-16-11-9-18(8-5-12(11)17(13)3)14(19)15(6-7-15)22(4,20)21/h10H,5-9H2,1-4H3. The zero-order valence-corrected chi connectivity index (χ0v) is 14.4. The molecule has 122 valence electrons. The van der Waals surface area contributed by atoms with Gasteiger partial charge in [-0.25, -0.2) is 13.4 Å². The molecular formula is C15H23N3O3S. The van der Waals surface area contributed by atoms with Gasteiger partial charge in [-0.1, -0.05) is 13.8 Å². The molecule has 0 radical (unpaired) electrons. The Balaban J connectivity index is 1.87. The lowest BCUT2D eigenvalue weighted by Crippen LogP contribution is -2.46. The SMILES string of the molecule is CC(C)c1nc2c(n1C)CCN(C(=O)C1(S(C)(=O)=O)CC1)C2. The van der Waals surface area contributed by atoms with Gasteiger partial charge in [0.15, 0.2) is 14.6 Å². The van der Waals surface area contributed by atoms with E-state index in [0.29, 0.717) is 31.8 Å². The molecule has 2 aliphatic rings. The monoisotopic (exact) mass is 325 g/mol. The van der Waals surface area contributed by atoms with Crippen molar-refractivity contribution in [1.82, 2.24) is 14.5 Å². The van der Waals surface area contributed by atoms with Crippen molar-refractivity contribution in [2.45, 2.75) is 50.3 Å². The van der Waals surface area contributed by atoms with E-state index >= 15 is 0 Å². The molecule has 1 aromatic rings. The smallest absolute Gasteiger partial charge is 0.244 e. The minimum atomic E-state index is -3.35. The van der Waals surface area contributed by atoms with Crippen LogP contribution in [0.5, 0.6) is 0 Å². The summed E-state index contributed by atoms with van der Waals surface area (Å²) in [4.78, 5) is 19.0. The number of aromatic nitrogens is 2. The third-order valence-electron chi connectivity index (χ3n) is 4.90. The molecule has 0 bridgehead atoms. The van der Waals surface area contributed by atoms with Crippen molar-refractivity contribution in [2.24, 2.45) is 7.05 Å². The highest BCUT2D eigenvalue weighted by atomic mass is 32.2. The maximum atomic E-state index is 12.7. The fourth-order valence-corrected chi connectivity index (χ4v) is 4.67. The molecule has 0 N–H and O–H groups in total. The van der Waals surface area contributed by atoms with Gasteiger partial charge in [-0.05, 0) is 12.8 Å². The van der Waals surface area contributed by atoms with Gasteiger partial charge in [0.05, 0.1) is 12.2 Å². The number of amides is 1. The van der Waals surface area contributed by atoms with E-state index in [1.807, 2.05) is 7.05 Å². The van der Waals surface area contributed by atoms with Crippen LogP contribution in [0.3, 0.4) is 0 Å². The van der Waals surface area contributed by atoms with Crippen LogP contribution in [0, 0.1) is 0 Å². The largest absolute Gasteiger partial charge is 0.335 e. The Morgan fingerprint density at radius 3 is 2.45 bits per heavy atom. The second-order valence-corrected chi connectivity index (χ2v) is 9.15. The molecule has 0 saturated heterocycles. The fraction of sp³-hybridized carbons (Fsp3) is 0.733. The van der Waals surface area contributed by atoms with Gasteiger partial charge >= 0.3 is 0 Å². The van der Waals surface area contributed by atoms with E-state index in [-0.39, 0.29) is 5.91 Å². The Morgan fingerprint density at radius 1 is 1.32 bits per heavy atom. The van der Waals surface area contributed by atoms with Gasteiger partial charge in [0.2, 0.25) is 5.91 Å². The molecule has 1 amide bonds. The van der Waals surface area contributed by atoms with Gasteiger partial charge in [0.25, 0.3) is 0 Å². The average molecular weight is 325 g/mol. The van der Waals surface area contributed by atoms with Crippen LogP contribution in [0.4, 0.5) is 0 Å². The molecule has 0 atom stereocenters. The third kappa shape index (κ3) is 2.17. The van der Waals surface area contributed by atoms with E-state index in [9.17, 15) is 13.2 Å². The van der Waals surface area contributed by atoms with Gasteiger partial charge in [-0.15, -0.1) is 0 Å². The highest BCUT2D eigenvalue weighted by molar-refractivity contribution is 7.93. The lowest BCUT2D eigenvalue weighted by Gasteiger charge is -2.29. The maximum absolute atomic E-state index is 12.7. The molecule has 3 rings (SSSR count). The number of hydrogen-bond acceptors (Lipinski definition) is 4. The van der Waals surface area contributed by atoms with Gasteiger partial charge < -0.3 is 9.47 Å². The van der Waals surface area contributed by atoms with Gasteiger partial charge in [0, 0.05) is 37.9 Å². The third-order valence-corrected chi connectivity index (χ3v) is 6.90. The predicted molar refractivity (Wildman–Crippen MR) is 83.2 cm³/mol. The van der Waals surface area contributed by atoms with Crippen LogP contribution in [0.25, 0.3) is 0 Å². The second kappa shape index (κ2) is 4.81. The first kappa shape index (κ1) is 15.5. The Hall–Kier alpha value is -1.37. The first-order chi connectivity index (χ1) is 10.2. The van der Waals surface area contributed by atoms with Crippen molar-refractivity contribution < 1.29 is 13.2 Å². The van der Waals surface area contributed by atoms with E-state index in [1.54, 1.807) is 4.90 Å². The van der Waals surface area contributed by atoms with Crippen LogP contribution in [0.15, 0.2) is 0 Å². The Morgan fingerprint density at radius 2 is 1.95 bits per heavy atom. The van der Waals surface area contributed by atoms with Crippen LogP contribution in [-0.4, -0.2) is 46.3 Å². The van der Waals surface area contributed by atoms with Crippen LogP contribution in [0.2, 0.25) is 0 Å². The highest BCUT2D eigenvalue weighted by Gasteiger charge is 2.60. The molecule has 2 heterocycles. The molecule has 1 saturated carbocycles. The number of rotatable bonds is 3. The lowest BCUT2D eigenvalue weighted by atomic mass is 10.1. The van der Waals surface area contributed by atoms with Crippen LogP contribution < -0.4 is 0 Å². The number of imidazole rings is 1. The number of carbonyl (C=O) groups excluding carboxylic acids is 1. The number of hydrogen-bond donors (Lipinski definition) is 0. The normalized spacial score (nSPS) is 20.1. The van der Waals surface area contributed by atoms with Crippen molar-refractivity contribution in [3.05, 3.63) is 17.2 Å². The minimum Gasteiger partial charge on any atom is -0.335 e. The summed E-state index contributed by atoms with van der Waals surface area (Å²) in [5, 5.41) is 0. The summed E-state index contributed by atoms with van der Waals surface area (Å²) >= 11 is 0. The van der Waals surface area contributed by atoms with E-state index in [0.717, 1.165) is 23.6 Å². The van der Waals surface area contributed by atoms with Crippen molar-refractivity contribution in [1.29, 1.82) is 0 Å². The molecule has 0 unspecified atom stereocenters. The van der Waals surface area contributed by atoms with Gasteiger partial charge in [-0.3, -0.25) is 4.79 Å². The summed E-state index contributed by atoms with van der Waals surface area (Å²) in [6.07, 6.45) is 2.81. The number of carbonyl (C=O) groups is 1. The zero-order valence-electron chi connectivity index (χ0n) is 13.6. The molecular weight excluding hydrogens is 302 g/mol. The molecule has 1 aliphatic carbocycles. The summed E-state index contributed by atoms with van der Waals surface area (Å²) in [5.74, 6) is 1.10. The molecule has 7 heteroatoms. The molecule has 1 aromatic heterocycles. The molecule has 6 nitrogen and oxygen atoms in total. The van der Waals surface area contributed by atoms with Crippen LogP contribution >= 0.6 is 0 Å². The first-order valence-corrected chi connectivity index (χ1v) is 9.60. The fourth-order valence-electron chi connectivity index (χ4n) is 3.38. The van der Waals surface area contributed by atoms with E-state index in [1.165, 1.54) is 6.26 Å². The van der Waals surface area contributed by atoms with Crippen LogP contribution in [0.1, 0.15) is 49.8 Å². The van der Waals surface area contributed by atoms with Crippen molar-refractivity contribution in [3.63, 3.8) is 0 Å². The summed E-state index contributed by atoms with van der Waals surface area (Å²) in [7, 11) is -1.34. The number of sulfone groups is 1. The molecule has 22 heavy (non-hydrogen) atoms. The minimum absolute atomic E-state index is 0.239. The van der Waals surface area contributed by atoms with Gasteiger partial charge in [0.1, 0.15) is 5.82 Å². The summed E-state index contributed by atoms with van der Waals surface area (Å²) in [5.41, 5.74) is 2.08. The van der Waals surface area contributed by atoms with Crippen molar-refractivity contribution >= 4 is 15.7 Å². The van der Waals surface area contributed by atoms with Crippen molar-refractivity contribution in [3.8, 4) is 0 Å². The van der Waals surface area contributed by atoms with Crippen molar-refractivity contribution in [2.75, 3.05) is 12.8 Å². The average Bonchev–Trinajstić information content (AvgIpc) is 3.18. The summed E-state index contributed by atoms with van der Waals surface area (Å²) < 4.78 is 24.8. The molecule has 0 aromatic carbocycles. The maximum Gasteiger partial charge on any atom is 0.244 e. The van der Waals surface area contributed by atoms with E-state index in [4.69, 9.17) is 0 Å². The molecule has 1 aliphatic heterocycles. The van der Waals surface area contributed by atoms with Gasteiger partial charge in [-0.2, -0.15) is 0 Å². The Bertz CT molecular complexity index is 729. The number of fused-ring (bicyclic) bond motifs is 1. The second-order valence-electron chi connectivity index (χ2n) is 6.82. The van der Waals surface area contributed by atoms with E-state index < -0.39 is 14.6 Å². The Kier molecular flexibility index (Phi) is 3.39. The number of nitrogens with zero attached hydrogens (tertiary/aromatic N) is 3. The van der Waals surface area contributed by atoms with E-state index in [2.05, 4.69) is 23.4 Å². The summed E-state index contributed by atoms with van der Waals surface area (Å²) in [6.45, 7) is 5.19. The molecule has 0 spiro atoms. The first-order valence-electron chi connectivity index (χ1n) is 7.71. The summed E-state index contributed by atoms with van der Waals surface area (Å²) in [6, 6.07) is 0. The predicted octanol–water partition coefficient (Wildman–Crippen LogP) is 1.01. The zero-order chi connectivity index (χ0) is 16.3. The van der Waals surface area contributed by atoms with Crippen LogP contribution in [-0.2, 0) is 34.6 Å². The topological polar surface area (TPSA) is 72.3 Å². The molecule has 1 fully saturated rings. The Labute approximate surface area is 131 Å². The highest BCUT2D eigenvalue weighted by Crippen LogP contribution is 2.45. The quantitative estimate of drug-likeness (QED) is 0.831.